The van der Waals surface area contributed by atoms with Crippen molar-refractivity contribution in [2.45, 2.75) is 32.8 Å². The minimum Gasteiger partial charge on any atom is -0.493 e. The van der Waals surface area contributed by atoms with Crippen LogP contribution in [0.1, 0.15) is 25.8 Å². The standard InChI is InChI=1S/C14H21ClO4/c1-3-18-13-8-14(19-4-2)12(15)7-10(13)5-6-11(17)9-16/h7-8,11,16-17H,3-6,9H2,1-2H3. The Hall–Kier alpha value is -0.970. The number of aryl methyl sites for hydroxylation is 1. The quantitative estimate of drug-likeness (QED) is 0.771. The lowest BCUT2D eigenvalue weighted by molar-refractivity contribution is 0.0884. The van der Waals surface area contributed by atoms with Gasteiger partial charge < -0.3 is 19.7 Å². The molecule has 0 saturated heterocycles. The van der Waals surface area contributed by atoms with E-state index in [1.807, 2.05) is 13.8 Å². The van der Waals surface area contributed by atoms with Crippen LogP contribution in [-0.4, -0.2) is 36.1 Å². The zero-order valence-corrected chi connectivity index (χ0v) is 12.1. The normalized spacial score (nSPS) is 12.3. The number of hydrogen-bond donors (Lipinski definition) is 2. The highest BCUT2D eigenvalue weighted by atomic mass is 35.5. The fourth-order valence-corrected chi connectivity index (χ4v) is 1.98. The topological polar surface area (TPSA) is 58.9 Å². The van der Waals surface area contributed by atoms with Gasteiger partial charge in [0.2, 0.25) is 0 Å². The van der Waals surface area contributed by atoms with E-state index < -0.39 is 6.10 Å². The Balaban J connectivity index is 2.91. The lowest BCUT2D eigenvalue weighted by atomic mass is 10.1. The summed E-state index contributed by atoms with van der Waals surface area (Å²) in [7, 11) is 0. The van der Waals surface area contributed by atoms with Gasteiger partial charge in [-0.2, -0.15) is 0 Å². The Morgan fingerprint density at radius 3 is 2.37 bits per heavy atom. The molecule has 5 heteroatoms. The number of ether oxygens (including phenoxy) is 2. The molecule has 19 heavy (non-hydrogen) atoms. The monoisotopic (exact) mass is 288 g/mol. The maximum Gasteiger partial charge on any atom is 0.141 e. The van der Waals surface area contributed by atoms with Crippen molar-refractivity contribution in [2.24, 2.45) is 0 Å². The summed E-state index contributed by atoms with van der Waals surface area (Å²) in [5, 5.41) is 18.8. The number of rotatable bonds is 8. The SMILES string of the molecule is CCOc1cc(OCC)c(CCC(O)CO)cc1Cl. The van der Waals surface area contributed by atoms with Gasteiger partial charge in [-0.05, 0) is 38.3 Å². The molecule has 1 atom stereocenters. The first-order valence-corrected chi connectivity index (χ1v) is 6.87. The molecule has 1 rings (SSSR count). The molecule has 0 aromatic heterocycles. The van der Waals surface area contributed by atoms with Gasteiger partial charge in [-0.3, -0.25) is 0 Å². The van der Waals surface area contributed by atoms with Crippen molar-refractivity contribution in [1.29, 1.82) is 0 Å². The summed E-state index contributed by atoms with van der Waals surface area (Å²) < 4.78 is 11.0. The maximum absolute atomic E-state index is 9.40. The average molecular weight is 289 g/mol. The van der Waals surface area contributed by atoms with Crippen LogP contribution in [0, 0.1) is 0 Å². The molecule has 0 aliphatic heterocycles. The summed E-state index contributed by atoms with van der Waals surface area (Å²) in [5.74, 6) is 1.31. The third kappa shape index (κ3) is 4.90. The molecule has 0 aliphatic carbocycles. The summed E-state index contributed by atoms with van der Waals surface area (Å²) >= 11 is 6.14. The molecule has 0 heterocycles. The predicted octanol–water partition coefficient (Wildman–Crippen LogP) is 2.42. The van der Waals surface area contributed by atoms with Gasteiger partial charge in [0.1, 0.15) is 11.5 Å². The van der Waals surface area contributed by atoms with Gasteiger partial charge in [-0.25, -0.2) is 0 Å². The fraction of sp³-hybridized carbons (Fsp3) is 0.571. The first-order chi connectivity index (χ1) is 9.12. The highest BCUT2D eigenvalue weighted by molar-refractivity contribution is 6.32. The second kappa shape index (κ2) is 8.25. The first kappa shape index (κ1) is 16.1. The van der Waals surface area contributed by atoms with Gasteiger partial charge in [0.05, 0.1) is 30.9 Å². The molecule has 0 radical (unpaired) electrons. The first-order valence-electron chi connectivity index (χ1n) is 6.49. The number of aliphatic hydroxyl groups is 2. The molecule has 4 nitrogen and oxygen atoms in total. The van der Waals surface area contributed by atoms with Crippen molar-refractivity contribution < 1.29 is 19.7 Å². The van der Waals surface area contributed by atoms with Crippen LogP contribution in [-0.2, 0) is 6.42 Å². The van der Waals surface area contributed by atoms with Crippen molar-refractivity contribution in [3.05, 3.63) is 22.7 Å². The van der Waals surface area contributed by atoms with Crippen LogP contribution in [0.25, 0.3) is 0 Å². The lowest BCUT2D eigenvalue weighted by Crippen LogP contribution is -2.13. The van der Waals surface area contributed by atoms with E-state index in [2.05, 4.69) is 0 Å². The minimum atomic E-state index is -0.722. The fourth-order valence-electron chi connectivity index (χ4n) is 1.74. The van der Waals surface area contributed by atoms with E-state index in [4.69, 9.17) is 26.2 Å². The van der Waals surface area contributed by atoms with Crippen LogP contribution >= 0.6 is 11.6 Å². The Morgan fingerprint density at radius 1 is 1.16 bits per heavy atom. The predicted molar refractivity (Wildman–Crippen MR) is 75.2 cm³/mol. The van der Waals surface area contributed by atoms with Gasteiger partial charge in [0.15, 0.2) is 0 Å². The van der Waals surface area contributed by atoms with Gasteiger partial charge >= 0.3 is 0 Å². The summed E-state index contributed by atoms with van der Waals surface area (Å²) in [6, 6.07) is 3.57. The maximum atomic E-state index is 9.40. The molecule has 0 aliphatic rings. The van der Waals surface area contributed by atoms with Crippen LogP contribution in [0.3, 0.4) is 0 Å². The molecule has 0 amide bonds. The number of halogens is 1. The Bertz CT molecular complexity index is 395. The van der Waals surface area contributed by atoms with E-state index in [-0.39, 0.29) is 6.61 Å². The van der Waals surface area contributed by atoms with Crippen LogP contribution in [0.2, 0.25) is 5.02 Å². The lowest BCUT2D eigenvalue weighted by Gasteiger charge is -2.15. The zero-order chi connectivity index (χ0) is 14.3. The summed E-state index contributed by atoms with van der Waals surface area (Å²) in [4.78, 5) is 0. The summed E-state index contributed by atoms with van der Waals surface area (Å²) in [6.07, 6.45) is 0.323. The molecule has 1 aromatic rings. The highest BCUT2D eigenvalue weighted by Gasteiger charge is 2.12. The molecule has 108 valence electrons. The van der Waals surface area contributed by atoms with Crippen LogP contribution in [0.5, 0.6) is 11.5 Å². The third-order valence-electron chi connectivity index (χ3n) is 2.67. The molecular weight excluding hydrogens is 268 g/mol. The van der Waals surface area contributed by atoms with E-state index in [0.717, 1.165) is 5.56 Å². The molecule has 1 aromatic carbocycles. The average Bonchev–Trinajstić information content (AvgIpc) is 2.40. The van der Waals surface area contributed by atoms with Crippen molar-refractivity contribution in [3.8, 4) is 11.5 Å². The van der Waals surface area contributed by atoms with Crippen molar-refractivity contribution >= 4 is 11.6 Å². The molecular formula is C14H21ClO4. The van der Waals surface area contributed by atoms with E-state index >= 15 is 0 Å². The van der Waals surface area contributed by atoms with Gasteiger partial charge in [-0.1, -0.05) is 11.6 Å². The van der Waals surface area contributed by atoms with Crippen LogP contribution < -0.4 is 9.47 Å². The van der Waals surface area contributed by atoms with Crippen LogP contribution in [0.15, 0.2) is 12.1 Å². The number of benzene rings is 1. The van der Waals surface area contributed by atoms with Crippen molar-refractivity contribution in [3.63, 3.8) is 0 Å². The van der Waals surface area contributed by atoms with Gasteiger partial charge in [0, 0.05) is 6.07 Å². The highest BCUT2D eigenvalue weighted by Crippen LogP contribution is 2.33. The molecule has 0 fully saturated rings. The minimum absolute atomic E-state index is 0.241. The number of hydrogen-bond acceptors (Lipinski definition) is 4. The molecule has 0 saturated carbocycles. The van der Waals surface area contributed by atoms with E-state index in [1.54, 1.807) is 12.1 Å². The molecule has 2 N–H and O–H groups in total. The largest absolute Gasteiger partial charge is 0.493 e. The van der Waals surface area contributed by atoms with Crippen molar-refractivity contribution in [2.75, 3.05) is 19.8 Å². The zero-order valence-electron chi connectivity index (χ0n) is 11.4. The van der Waals surface area contributed by atoms with E-state index in [1.165, 1.54) is 0 Å². The second-order valence-corrected chi connectivity index (χ2v) is 4.54. The van der Waals surface area contributed by atoms with E-state index in [9.17, 15) is 5.11 Å². The Kier molecular flexibility index (Phi) is 6.99. The smallest absolute Gasteiger partial charge is 0.141 e. The molecule has 1 unspecified atom stereocenters. The van der Waals surface area contributed by atoms with Gasteiger partial charge in [-0.15, -0.1) is 0 Å². The second-order valence-electron chi connectivity index (χ2n) is 4.13. The molecule has 0 spiro atoms. The Morgan fingerprint density at radius 2 is 1.79 bits per heavy atom. The Labute approximate surface area is 118 Å². The summed E-state index contributed by atoms with van der Waals surface area (Å²) in [5.41, 5.74) is 0.905. The number of aliphatic hydroxyl groups excluding tert-OH is 2. The van der Waals surface area contributed by atoms with Crippen LogP contribution in [0.4, 0.5) is 0 Å². The molecule has 0 bridgehead atoms. The van der Waals surface area contributed by atoms with Crippen molar-refractivity contribution in [1.82, 2.24) is 0 Å². The summed E-state index contributed by atoms with van der Waals surface area (Å²) in [6.45, 7) is 4.63. The van der Waals surface area contributed by atoms with E-state index in [0.29, 0.717) is 42.6 Å². The van der Waals surface area contributed by atoms with Gasteiger partial charge in [0.25, 0.3) is 0 Å². The third-order valence-corrected chi connectivity index (χ3v) is 2.97.